The summed E-state index contributed by atoms with van der Waals surface area (Å²) >= 11 is 3.46. The number of nitro groups is 1. The van der Waals surface area contributed by atoms with Crippen LogP contribution < -0.4 is 10.6 Å². The van der Waals surface area contributed by atoms with Gasteiger partial charge in [0.2, 0.25) is 0 Å². The van der Waals surface area contributed by atoms with E-state index in [-0.39, 0.29) is 10.6 Å². The molecule has 5 nitrogen and oxygen atoms in total. The second kappa shape index (κ2) is 6.34. The molecule has 1 aliphatic heterocycles. The van der Waals surface area contributed by atoms with Gasteiger partial charge >= 0.3 is 0 Å². The van der Waals surface area contributed by atoms with E-state index in [1.165, 1.54) is 0 Å². The van der Waals surface area contributed by atoms with E-state index in [0.29, 0.717) is 11.5 Å². The predicted molar refractivity (Wildman–Crippen MR) is 79.6 cm³/mol. The van der Waals surface area contributed by atoms with E-state index < -0.39 is 0 Å². The van der Waals surface area contributed by atoms with Crippen molar-refractivity contribution in [1.82, 2.24) is 5.32 Å². The third-order valence-electron chi connectivity index (χ3n) is 3.52. The highest BCUT2D eigenvalue weighted by Gasteiger charge is 2.16. The van der Waals surface area contributed by atoms with Crippen LogP contribution in [0.5, 0.6) is 0 Å². The number of aryl methyl sites for hydroxylation is 1. The largest absolute Gasteiger partial charge is 0.384 e. The normalized spacial score (nSPS) is 16.3. The molecule has 19 heavy (non-hydrogen) atoms. The van der Waals surface area contributed by atoms with Crippen LogP contribution in [0.4, 0.5) is 11.4 Å². The predicted octanol–water partition coefficient (Wildman–Crippen LogP) is 3.08. The Morgan fingerprint density at radius 3 is 2.79 bits per heavy atom. The standard InChI is InChI=1S/C13H18BrN3O2/c1-9-6-11(14)12(7-13(9)17(18)19)16-8-10-2-4-15-5-3-10/h6-7,10,15-16H,2-5,8H2,1H3. The van der Waals surface area contributed by atoms with Crippen molar-refractivity contribution in [1.29, 1.82) is 0 Å². The summed E-state index contributed by atoms with van der Waals surface area (Å²) in [6, 6.07) is 3.41. The van der Waals surface area contributed by atoms with Gasteiger partial charge in [0.05, 0.1) is 10.6 Å². The number of rotatable bonds is 4. The smallest absolute Gasteiger partial charge is 0.274 e. The molecule has 0 bridgehead atoms. The van der Waals surface area contributed by atoms with Crippen LogP contribution in [0.25, 0.3) is 0 Å². The molecule has 0 radical (unpaired) electrons. The molecule has 0 amide bonds. The average molecular weight is 328 g/mol. The first-order valence-electron chi connectivity index (χ1n) is 6.47. The fraction of sp³-hybridized carbons (Fsp3) is 0.538. The van der Waals surface area contributed by atoms with Crippen molar-refractivity contribution >= 4 is 27.3 Å². The van der Waals surface area contributed by atoms with Crippen molar-refractivity contribution in [3.05, 3.63) is 32.3 Å². The van der Waals surface area contributed by atoms with Crippen molar-refractivity contribution in [3.8, 4) is 0 Å². The molecule has 2 rings (SSSR count). The lowest BCUT2D eigenvalue weighted by molar-refractivity contribution is -0.385. The molecule has 6 heteroatoms. The maximum atomic E-state index is 10.9. The van der Waals surface area contributed by atoms with Crippen molar-refractivity contribution in [2.75, 3.05) is 25.0 Å². The van der Waals surface area contributed by atoms with E-state index in [9.17, 15) is 10.1 Å². The number of hydrogen-bond acceptors (Lipinski definition) is 4. The summed E-state index contributed by atoms with van der Waals surface area (Å²) in [7, 11) is 0. The highest BCUT2D eigenvalue weighted by molar-refractivity contribution is 9.10. The van der Waals surface area contributed by atoms with Gasteiger partial charge in [-0.3, -0.25) is 10.1 Å². The molecule has 0 unspecified atom stereocenters. The first-order valence-corrected chi connectivity index (χ1v) is 7.26. The second-order valence-electron chi connectivity index (χ2n) is 4.95. The molecule has 104 valence electrons. The monoisotopic (exact) mass is 327 g/mol. The number of halogens is 1. The number of nitro benzene ring substituents is 1. The van der Waals surface area contributed by atoms with Gasteiger partial charge in [-0.25, -0.2) is 0 Å². The number of hydrogen-bond donors (Lipinski definition) is 2. The Bertz CT molecular complexity index is 473. The Kier molecular flexibility index (Phi) is 4.76. The molecule has 1 heterocycles. The fourth-order valence-electron chi connectivity index (χ4n) is 2.33. The van der Waals surface area contributed by atoms with Gasteiger partial charge in [-0.05, 0) is 60.8 Å². The molecular formula is C13H18BrN3O2. The van der Waals surface area contributed by atoms with E-state index in [4.69, 9.17) is 0 Å². The topological polar surface area (TPSA) is 67.2 Å². The van der Waals surface area contributed by atoms with Gasteiger partial charge in [-0.2, -0.15) is 0 Å². The summed E-state index contributed by atoms with van der Waals surface area (Å²) in [5.41, 5.74) is 1.64. The Morgan fingerprint density at radius 2 is 2.16 bits per heavy atom. The van der Waals surface area contributed by atoms with E-state index in [1.54, 1.807) is 19.1 Å². The summed E-state index contributed by atoms with van der Waals surface area (Å²) in [6.45, 7) is 4.73. The minimum atomic E-state index is -0.336. The molecule has 0 spiro atoms. The van der Waals surface area contributed by atoms with Crippen LogP contribution in [-0.2, 0) is 0 Å². The van der Waals surface area contributed by atoms with Crippen molar-refractivity contribution in [2.24, 2.45) is 5.92 Å². The number of benzene rings is 1. The summed E-state index contributed by atoms with van der Waals surface area (Å²) in [5, 5.41) is 17.6. The number of nitrogens with one attached hydrogen (secondary N) is 2. The van der Waals surface area contributed by atoms with E-state index in [1.807, 2.05) is 0 Å². The molecule has 2 N–H and O–H groups in total. The Balaban J connectivity index is 2.06. The molecular weight excluding hydrogens is 310 g/mol. The van der Waals surface area contributed by atoms with Gasteiger partial charge in [0.1, 0.15) is 0 Å². The van der Waals surface area contributed by atoms with Gasteiger partial charge in [0.25, 0.3) is 5.69 Å². The number of piperidine rings is 1. The van der Waals surface area contributed by atoms with Gasteiger partial charge in [0, 0.05) is 22.6 Å². The zero-order valence-electron chi connectivity index (χ0n) is 10.9. The highest BCUT2D eigenvalue weighted by Crippen LogP contribution is 2.31. The maximum absolute atomic E-state index is 10.9. The van der Waals surface area contributed by atoms with Gasteiger partial charge < -0.3 is 10.6 Å². The highest BCUT2D eigenvalue weighted by atomic mass is 79.9. The SMILES string of the molecule is Cc1cc(Br)c(NCC2CCNCC2)cc1[N+](=O)[O-]. The van der Waals surface area contributed by atoms with E-state index in [2.05, 4.69) is 26.6 Å². The molecule has 1 fully saturated rings. The van der Waals surface area contributed by atoms with E-state index in [0.717, 1.165) is 42.6 Å². The van der Waals surface area contributed by atoms with Crippen LogP contribution in [0, 0.1) is 23.0 Å². The third kappa shape index (κ3) is 3.67. The zero-order chi connectivity index (χ0) is 13.8. The molecule has 1 aromatic carbocycles. The van der Waals surface area contributed by atoms with Gasteiger partial charge in [0.15, 0.2) is 0 Å². The lowest BCUT2D eigenvalue weighted by Gasteiger charge is -2.23. The fourth-order valence-corrected chi connectivity index (χ4v) is 2.93. The molecule has 0 aromatic heterocycles. The van der Waals surface area contributed by atoms with Crippen LogP contribution >= 0.6 is 15.9 Å². The lowest BCUT2D eigenvalue weighted by Crippen LogP contribution is -2.31. The van der Waals surface area contributed by atoms with E-state index >= 15 is 0 Å². The van der Waals surface area contributed by atoms with Gasteiger partial charge in [-0.15, -0.1) is 0 Å². The van der Waals surface area contributed by atoms with Crippen LogP contribution in [-0.4, -0.2) is 24.6 Å². The summed E-state index contributed by atoms with van der Waals surface area (Å²) in [4.78, 5) is 10.6. The van der Waals surface area contributed by atoms with Crippen LogP contribution in [0.1, 0.15) is 18.4 Å². The van der Waals surface area contributed by atoms with Crippen molar-refractivity contribution in [2.45, 2.75) is 19.8 Å². The first kappa shape index (κ1) is 14.3. The molecule has 1 saturated heterocycles. The number of nitrogens with zero attached hydrogens (tertiary/aromatic N) is 1. The summed E-state index contributed by atoms with van der Waals surface area (Å²) in [5.74, 6) is 0.633. The Hall–Kier alpha value is -1.14. The van der Waals surface area contributed by atoms with Crippen molar-refractivity contribution in [3.63, 3.8) is 0 Å². The quantitative estimate of drug-likeness (QED) is 0.658. The average Bonchev–Trinajstić information content (AvgIpc) is 2.38. The summed E-state index contributed by atoms with van der Waals surface area (Å²) < 4.78 is 0.879. The second-order valence-corrected chi connectivity index (χ2v) is 5.80. The third-order valence-corrected chi connectivity index (χ3v) is 4.18. The Morgan fingerprint density at radius 1 is 1.47 bits per heavy atom. The molecule has 1 aromatic rings. The first-order chi connectivity index (χ1) is 9.08. The molecule has 0 saturated carbocycles. The Labute approximate surface area is 121 Å². The van der Waals surface area contributed by atoms with Crippen molar-refractivity contribution < 1.29 is 4.92 Å². The minimum absolute atomic E-state index is 0.163. The molecule has 1 aliphatic rings. The summed E-state index contributed by atoms with van der Waals surface area (Å²) in [6.07, 6.45) is 2.30. The van der Waals surface area contributed by atoms with Crippen LogP contribution in [0.2, 0.25) is 0 Å². The maximum Gasteiger partial charge on any atom is 0.274 e. The molecule has 0 aliphatic carbocycles. The molecule has 0 atom stereocenters. The van der Waals surface area contributed by atoms with Gasteiger partial charge in [-0.1, -0.05) is 0 Å². The number of anilines is 1. The lowest BCUT2D eigenvalue weighted by atomic mass is 9.98. The minimum Gasteiger partial charge on any atom is -0.384 e. The van der Waals surface area contributed by atoms with Crippen LogP contribution in [0.3, 0.4) is 0 Å². The van der Waals surface area contributed by atoms with Crippen LogP contribution in [0.15, 0.2) is 16.6 Å². The zero-order valence-corrected chi connectivity index (χ0v) is 12.5.